The summed E-state index contributed by atoms with van der Waals surface area (Å²) < 4.78 is 10.6. The first-order chi connectivity index (χ1) is 12.6. The van der Waals surface area contributed by atoms with Gasteiger partial charge in [0.25, 0.3) is 5.91 Å². The molecule has 2 aromatic carbocycles. The van der Waals surface area contributed by atoms with Gasteiger partial charge in [0.05, 0.1) is 14.2 Å². The number of hydrogen-bond donors (Lipinski definition) is 1. The number of carbonyl (C=O) groups is 1. The number of thiazole rings is 1. The highest BCUT2D eigenvalue weighted by Gasteiger charge is 2.14. The normalized spacial score (nSPS) is 10.4. The standard InChI is InChI=1S/C19H17ClN2O3S/c1-24-16-8-4-6-13(17(16)25-2)10-21-18(23)15-11-26-19(22-15)12-5-3-7-14(20)9-12/h3-9,11H,10H2,1-2H3,(H,21,23). The number of halogens is 1. The smallest absolute Gasteiger partial charge is 0.271 e. The fourth-order valence-corrected chi connectivity index (χ4v) is 3.48. The third-order valence-electron chi connectivity index (χ3n) is 3.73. The minimum absolute atomic E-state index is 0.251. The molecule has 0 spiro atoms. The lowest BCUT2D eigenvalue weighted by Gasteiger charge is -2.12. The molecule has 134 valence electrons. The van der Waals surface area contributed by atoms with Crippen LogP contribution in [0.3, 0.4) is 0 Å². The zero-order valence-corrected chi connectivity index (χ0v) is 15.9. The topological polar surface area (TPSA) is 60.5 Å². The molecule has 0 atom stereocenters. The van der Waals surface area contributed by atoms with Gasteiger partial charge in [0, 0.05) is 28.1 Å². The van der Waals surface area contributed by atoms with E-state index in [9.17, 15) is 4.79 Å². The molecule has 0 radical (unpaired) electrons. The number of ether oxygens (including phenoxy) is 2. The SMILES string of the molecule is COc1cccc(CNC(=O)c2csc(-c3cccc(Cl)c3)n2)c1OC. The van der Waals surface area contributed by atoms with Crippen LogP contribution in [-0.2, 0) is 6.54 Å². The molecule has 1 heterocycles. The molecule has 7 heteroatoms. The van der Waals surface area contributed by atoms with E-state index < -0.39 is 0 Å². The van der Waals surface area contributed by atoms with Crippen molar-refractivity contribution in [2.75, 3.05) is 14.2 Å². The van der Waals surface area contributed by atoms with E-state index in [1.807, 2.05) is 36.4 Å². The molecule has 0 saturated carbocycles. The number of aromatic nitrogens is 1. The minimum atomic E-state index is -0.251. The monoisotopic (exact) mass is 388 g/mol. The highest BCUT2D eigenvalue weighted by atomic mass is 35.5. The van der Waals surface area contributed by atoms with Gasteiger partial charge >= 0.3 is 0 Å². The second-order valence-electron chi connectivity index (χ2n) is 5.38. The van der Waals surface area contributed by atoms with Crippen molar-refractivity contribution in [2.45, 2.75) is 6.54 Å². The molecule has 3 aromatic rings. The first kappa shape index (κ1) is 18.2. The zero-order valence-electron chi connectivity index (χ0n) is 14.3. The number of hydrogen-bond acceptors (Lipinski definition) is 5. The van der Waals surface area contributed by atoms with Gasteiger partial charge in [-0.2, -0.15) is 0 Å². The van der Waals surface area contributed by atoms with Crippen molar-refractivity contribution < 1.29 is 14.3 Å². The van der Waals surface area contributed by atoms with E-state index in [4.69, 9.17) is 21.1 Å². The van der Waals surface area contributed by atoms with Crippen LogP contribution in [0.1, 0.15) is 16.1 Å². The number of nitrogens with one attached hydrogen (secondary N) is 1. The molecule has 0 saturated heterocycles. The van der Waals surface area contributed by atoms with Crippen LogP contribution in [0.2, 0.25) is 5.02 Å². The average molecular weight is 389 g/mol. The van der Waals surface area contributed by atoms with Gasteiger partial charge in [-0.15, -0.1) is 11.3 Å². The molecule has 0 unspecified atom stereocenters. The summed E-state index contributed by atoms with van der Waals surface area (Å²) in [6.45, 7) is 0.309. The highest BCUT2D eigenvalue weighted by molar-refractivity contribution is 7.13. The van der Waals surface area contributed by atoms with E-state index in [1.54, 1.807) is 25.7 Å². The number of benzene rings is 2. The van der Waals surface area contributed by atoms with Gasteiger partial charge < -0.3 is 14.8 Å². The number of carbonyl (C=O) groups excluding carboxylic acids is 1. The second-order valence-corrected chi connectivity index (χ2v) is 6.68. The van der Waals surface area contributed by atoms with Crippen LogP contribution in [0.15, 0.2) is 47.8 Å². The Hall–Kier alpha value is -2.57. The third-order valence-corrected chi connectivity index (χ3v) is 4.86. The molecular formula is C19H17ClN2O3S. The first-order valence-electron chi connectivity index (χ1n) is 7.82. The number of rotatable bonds is 6. The van der Waals surface area contributed by atoms with Crippen LogP contribution in [0, 0.1) is 0 Å². The Kier molecular flexibility index (Phi) is 5.75. The van der Waals surface area contributed by atoms with Crippen LogP contribution in [0.5, 0.6) is 11.5 Å². The summed E-state index contributed by atoms with van der Waals surface area (Å²) in [7, 11) is 3.15. The third kappa shape index (κ3) is 3.98. The zero-order chi connectivity index (χ0) is 18.5. The summed E-state index contributed by atoms with van der Waals surface area (Å²) in [4.78, 5) is 16.8. The van der Waals surface area contributed by atoms with Crippen molar-refractivity contribution in [2.24, 2.45) is 0 Å². The lowest BCUT2D eigenvalue weighted by atomic mass is 10.2. The molecule has 1 amide bonds. The lowest BCUT2D eigenvalue weighted by Crippen LogP contribution is -2.23. The maximum absolute atomic E-state index is 12.4. The van der Waals surface area contributed by atoms with Gasteiger partial charge in [0.15, 0.2) is 11.5 Å². The van der Waals surface area contributed by atoms with Gasteiger partial charge in [0.2, 0.25) is 0 Å². The van der Waals surface area contributed by atoms with Gasteiger partial charge in [-0.05, 0) is 18.2 Å². The number of para-hydroxylation sites is 1. The van der Waals surface area contributed by atoms with Crippen molar-refractivity contribution in [1.29, 1.82) is 0 Å². The Morgan fingerprint density at radius 3 is 2.73 bits per heavy atom. The van der Waals surface area contributed by atoms with Crippen LogP contribution in [0.4, 0.5) is 0 Å². The summed E-state index contributed by atoms with van der Waals surface area (Å²) >= 11 is 7.41. The number of methoxy groups -OCH3 is 2. The molecule has 0 aliphatic rings. The Morgan fingerprint density at radius 1 is 1.19 bits per heavy atom. The van der Waals surface area contributed by atoms with Crippen LogP contribution in [-0.4, -0.2) is 25.1 Å². The summed E-state index contributed by atoms with van der Waals surface area (Å²) in [5, 5.41) is 5.97. The van der Waals surface area contributed by atoms with Crippen molar-refractivity contribution in [3.63, 3.8) is 0 Å². The van der Waals surface area contributed by atoms with E-state index in [0.29, 0.717) is 28.8 Å². The Balaban J connectivity index is 1.72. The lowest BCUT2D eigenvalue weighted by molar-refractivity contribution is 0.0946. The maximum Gasteiger partial charge on any atom is 0.271 e. The predicted molar refractivity (Wildman–Crippen MR) is 103 cm³/mol. The highest BCUT2D eigenvalue weighted by Crippen LogP contribution is 2.30. The minimum Gasteiger partial charge on any atom is -0.493 e. The quantitative estimate of drug-likeness (QED) is 0.679. The molecule has 5 nitrogen and oxygen atoms in total. The van der Waals surface area contributed by atoms with Crippen molar-refractivity contribution in [3.8, 4) is 22.1 Å². The van der Waals surface area contributed by atoms with E-state index in [0.717, 1.165) is 16.1 Å². The van der Waals surface area contributed by atoms with Gasteiger partial charge in [-0.1, -0.05) is 35.9 Å². The Bertz CT molecular complexity index is 927. The van der Waals surface area contributed by atoms with Gasteiger partial charge in [-0.25, -0.2) is 4.98 Å². The maximum atomic E-state index is 12.4. The summed E-state index contributed by atoms with van der Waals surface area (Å²) in [5.74, 6) is 0.976. The summed E-state index contributed by atoms with van der Waals surface area (Å²) in [5.41, 5.74) is 2.08. The van der Waals surface area contributed by atoms with E-state index in [1.165, 1.54) is 11.3 Å². The fourth-order valence-electron chi connectivity index (χ4n) is 2.49. The summed E-state index contributed by atoms with van der Waals surface area (Å²) in [6, 6.07) is 12.9. The average Bonchev–Trinajstić information content (AvgIpc) is 3.16. The largest absolute Gasteiger partial charge is 0.493 e. The van der Waals surface area contributed by atoms with E-state index in [2.05, 4.69) is 10.3 Å². The van der Waals surface area contributed by atoms with E-state index >= 15 is 0 Å². The summed E-state index contributed by atoms with van der Waals surface area (Å²) in [6.07, 6.45) is 0. The van der Waals surface area contributed by atoms with Crippen molar-refractivity contribution in [1.82, 2.24) is 10.3 Å². The molecule has 26 heavy (non-hydrogen) atoms. The molecule has 0 bridgehead atoms. The second kappa shape index (κ2) is 8.21. The molecule has 3 rings (SSSR count). The van der Waals surface area contributed by atoms with Crippen molar-refractivity contribution >= 4 is 28.8 Å². The molecule has 0 aliphatic heterocycles. The molecular weight excluding hydrogens is 372 g/mol. The molecule has 0 fully saturated rings. The van der Waals surface area contributed by atoms with Crippen LogP contribution in [0.25, 0.3) is 10.6 Å². The molecule has 1 aromatic heterocycles. The number of amides is 1. The first-order valence-corrected chi connectivity index (χ1v) is 9.07. The van der Waals surface area contributed by atoms with Gasteiger partial charge in [0.1, 0.15) is 10.7 Å². The predicted octanol–water partition coefficient (Wildman–Crippen LogP) is 4.41. The fraction of sp³-hybridized carbons (Fsp3) is 0.158. The molecule has 1 N–H and O–H groups in total. The van der Waals surface area contributed by atoms with E-state index in [-0.39, 0.29) is 5.91 Å². The van der Waals surface area contributed by atoms with Crippen molar-refractivity contribution in [3.05, 3.63) is 64.1 Å². The van der Waals surface area contributed by atoms with Crippen LogP contribution < -0.4 is 14.8 Å². The Morgan fingerprint density at radius 2 is 2.00 bits per heavy atom. The van der Waals surface area contributed by atoms with Crippen LogP contribution >= 0.6 is 22.9 Å². The van der Waals surface area contributed by atoms with Gasteiger partial charge in [-0.3, -0.25) is 4.79 Å². The number of nitrogens with zero attached hydrogens (tertiary/aromatic N) is 1. The molecule has 0 aliphatic carbocycles. The Labute approximate surface area is 160 Å².